The van der Waals surface area contributed by atoms with Crippen LogP contribution in [-0.2, 0) is 0 Å². The van der Waals surface area contributed by atoms with Crippen molar-refractivity contribution in [3.63, 3.8) is 0 Å². The average Bonchev–Trinajstić information content (AvgIpc) is 3.24. The van der Waals surface area contributed by atoms with Gasteiger partial charge in [0.25, 0.3) is 0 Å². The van der Waals surface area contributed by atoms with Crippen molar-refractivity contribution in [1.29, 1.82) is 0 Å². The van der Waals surface area contributed by atoms with Gasteiger partial charge in [0.2, 0.25) is 0 Å². The third-order valence-corrected chi connectivity index (χ3v) is 6.34. The van der Waals surface area contributed by atoms with Crippen LogP contribution in [-0.4, -0.2) is 48.2 Å². The Morgan fingerprint density at radius 1 is 1.09 bits per heavy atom. The zero-order chi connectivity index (χ0) is 22.6. The van der Waals surface area contributed by atoms with Gasteiger partial charge in [-0.1, -0.05) is 24.1 Å². The monoisotopic (exact) mass is 466 g/mol. The van der Waals surface area contributed by atoms with E-state index in [1.807, 2.05) is 30.3 Å². The fraction of sp³-hybridized carbons (Fsp3) is 0.360. The maximum absolute atomic E-state index is 6.22. The van der Waals surface area contributed by atoms with Gasteiger partial charge >= 0.3 is 0 Å². The summed E-state index contributed by atoms with van der Waals surface area (Å²) in [6, 6.07) is 9.58. The molecule has 0 amide bonds. The maximum atomic E-state index is 6.22. The lowest BCUT2D eigenvalue weighted by molar-refractivity contribution is 0.203. The van der Waals surface area contributed by atoms with Crippen LogP contribution < -0.4 is 14.8 Å². The average molecular weight is 467 g/mol. The predicted octanol–water partition coefficient (Wildman–Crippen LogP) is 6.04. The number of halogens is 1. The van der Waals surface area contributed by atoms with Gasteiger partial charge in [0.05, 0.1) is 29.9 Å². The Bertz CT molecular complexity index is 1250. The second-order valence-electron chi connectivity index (χ2n) is 8.24. The number of benzene rings is 2. The van der Waals surface area contributed by atoms with E-state index in [-0.39, 0.29) is 0 Å². The topological polar surface area (TPSA) is 72.6 Å². The highest BCUT2D eigenvalue weighted by atomic mass is 35.5. The van der Waals surface area contributed by atoms with Crippen molar-refractivity contribution in [2.45, 2.75) is 25.7 Å². The van der Waals surface area contributed by atoms with Crippen molar-refractivity contribution in [2.24, 2.45) is 0 Å². The summed E-state index contributed by atoms with van der Waals surface area (Å²) in [5.74, 6) is 1.99. The molecule has 2 aromatic heterocycles. The summed E-state index contributed by atoms with van der Waals surface area (Å²) in [4.78, 5) is 11.4. The molecule has 1 N–H and O–H groups in total. The first kappa shape index (κ1) is 21.8. The van der Waals surface area contributed by atoms with Crippen LogP contribution in [0.1, 0.15) is 25.7 Å². The highest BCUT2D eigenvalue weighted by molar-refractivity contribution is 6.35. The number of fused-ring (bicyclic) bond motifs is 2. The van der Waals surface area contributed by atoms with Crippen molar-refractivity contribution in [2.75, 3.05) is 38.7 Å². The molecule has 0 bridgehead atoms. The van der Waals surface area contributed by atoms with Gasteiger partial charge in [-0.25, -0.2) is 9.97 Å². The minimum atomic E-state index is 0.574. The molecule has 2 aromatic carbocycles. The molecule has 8 heteroatoms. The van der Waals surface area contributed by atoms with Crippen LogP contribution in [0.2, 0.25) is 5.02 Å². The maximum Gasteiger partial charge on any atom is 0.163 e. The van der Waals surface area contributed by atoms with Gasteiger partial charge in [-0.3, -0.25) is 0 Å². The van der Waals surface area contributed by atoms with E-state index in [0.717, 1.165) is 34.9 Å². The summed E-state index contributed by atoms with van der Waals surface area (Å²) in [5, 5.41) is 5.60. The van der Waals surface area contributed by atoms with Crippen molar-refractivity contribution in [3.05, 3.63) is 47.9 Å². The molecule has 1 fully saturated rings. The Morgan fingerprint density at radius 3 is 2.82 bits per heavy atom. The van der Waals surface area contributed by atoms with E-state index < -0.39 is 0 Å². The lowest BCUT2D eigenvalue weighted by atomic mass is 10.1. The number of ether oxygens (including phenoxy) is 2. The highest BCUT2D eigenvalue weighted by Gasteiger charge is 2.15. The number of para-hydroxylation sites is 1. The zero-order valence-corrected chi connectivity index (χ0v) is 19.4. The van der Waals surface area contributed by atoms with Gasteiger partial charge in [-0.2, -0.15) is 0 Å². The Balaban J connectivity index is 1.35. The SMILES string of the molecule is COc1cc2c(Nc3cccc4c(Cl)coc34)ncnc2cc1OCCCN1CCCCC1. The molecule has 1 aliphatic rings. The van der Waals surface area contributed by atoms with E-state index in [4.69, 9.17) is 25.5 Å². The second kappa shape index (κ2) is 9.85. The summed E-state index contributed by atoms with van der Waals surface area (Å²) >= 11 is 6.22. The lowest BCUT2D eigenvalue weighted by Gasteiger charge is -2.26. The van der Waals surface area contributed by atoms with Crippen molar-refractivity contribution >= 4 is 45.0 Å². The minimum Gasteiger partial charge on any atom is -0.493 e. The molecule has 1 saturated heterocycles. The summed E-state index contributed by atoms with van der Waals surface area (Å²) in [7, 11) is 1.64. The van der Waals surface area contributed by atoms with Crippen molar-refractivity contribution in [3.8, 4) is 11.5 Å². The van der Waals surface area contributed by atoms with E-state index in [0.29, 0.717) is 34.5 Å². The van der Waals surface area contributed by atoms with E-state index in [9.17, 15) is 0 Å². The number of anilines is 2. The molecule has 0 unspecified atom stereocenters. The molecular weight excluding hydrogens is 440 g/mol. The van der Waals surface area contributed by atoms with Crippen LogP contribution in [0, 0.1) is 0 Å². The third-order valence-electron chi connectivity index (χ3n) is 6.05. The lowest BCUT2D eigenvalue weighted by Crippen LogP contribution is -2.31. The second-order valence-corrected chi connectivity index (χ2v) is 8.64. The normalized spacial score (nSPS) is 14.6. The summed E-state index contributed by atoms with van der Waals surface area (Å²) in [6.45, 7) is 4.10. The van der Waals surface area contributed by atoms with Crippen LogP contribution in [0.3, 0.4) is 0 Å². The van der Waals surface area contributed by atoms with Gasteiger partial charge in [-0.05, 0) is 50.6 Å². The van der Waals surface area contributed by atoms with Gasteiger partial charge in [0, 0.05) is 23.4 Å². The van der Waals surface area contributed by atoms with Crippen LogP contribution in [0.4, 0.5) is 11.5 Å². The van der Waals surface area contributed by atoms with Gasteiger partial charge in [0.1, 0.15) is 18.4 Å². The predicted molar refractivity (Wildman–Crippen MR) is 131 cm³/mol. The van der Waals surface area contributed by atoms with Crippen LogP contribution in [0.25, 0.3) is 21.9 Å². The smallest absolute Gasteiger partial charge is 0.163 e. The van der Waals surface area contributed by atoms with E-state index in [1.165, 1.54) is 44.9 Å². The van der Waals surface area contributed by atoms with Crippen LogP contribution in [0.15, 0.2) is 47.3 Å². The number of methoxy groups -OCH3 is 1. The molecule has 33 heavy (non-hydrogen) atoms. The first-order chi connectivity index (χ1) is 16.2. The molecule has 1 aliphatic heterocycles. The zero-order valence-electron chi connectivity index (χ0n) is 18.6. The Hall–Kier alpha value is -3.03. The number of hydrogen-bond donors (Lipinski definition) is 1. The fourth-order valence-corrected chi connectivity index (χ4v) is 4.53. The number of nitrogens with one attached hydrogen (secondary N) is 1. The molecule has 0 radical (unpaired) electrons. The van der Waals surface area contributed by atoms with Crippen LogP contribution in [0.5, 0.6) is 11.5 Å². The van der Waals surface area contributed by atoms with Crippen LogP contribution >= 0.6 is 11.6 Å². The third kappa shape index (κ3) is 4.70. The molecule has 0 saturated carbocycles. The number of aromatic nitrogens is 2. The van der Waals surface area contributed by atoms with Gasteiger partial charge < -0.3 is 24.1 Å². The molecule has 4 aromatic rings. The number of rotatable bonds is 8. The first-order valence-corrected chi connectivity index (χ1v) is 11.7. The van der Waals surface area contributed by atoms with E-state index >= 15 is 0 Å². The quantitative estimate of drug-likeness (QED) is 0.317. The Kier molecular flexibility index (Phi) is 6.51. The van der Waals surface area contributed by atoms with E-state index in [2.05, 4.69) is 20.2 Å². The Labute approximate surface area is 197 Å². The summed E-state index contributed by atoms with van der Waals surface area (Å²) in [6.07, 6.45) is 8.01. The molecule has 0 aliphatic carbocycles. The minimum absolute atomic E-state index is 0.574. The van der Waals surface area contributed by atoms with Crippen molar-refractivity contribution < 1.29 is 13.9 Å². The fourth-order valence-electron chi connectivity index (χ4n) is 4.34. The van der Waals surface area contributed by atoms with E-state index in [1.54, 1.807) is 7.11 Å². The van der Waals surface area contributed by atoms with Gasteiger partial charge in [-0.15, -0.1) is 0 Å². The van der Waals surface area contributed by atoms with Crippen molar-refractivity contribution in [1.82, 2.24) is 14.9 Å². The highest BCUT2D eigenvalue weighted by Crippen LogP contribution is 2.37. The van der Waals surface area contributed by atoms with Gasteiger partial charge in [0.15, 0.2) is 17.1 Å². The largest absolute Gasteiger partial charge is 0.493 e. The molecular formula is C25H27ClN4O3. The summed E-state index contributed by atoms with van der Waals surface area (Å²) < 4.78 is 17.3. The molecule has 0 spiro atoms. The summed E-state index contributed by atoms with van der Waals surface area (Å²) in [5.41, 5.74) is 2.22. The molecule has 0 atom stereocenters. The molecule has 172 valence electrons. The Morgan fingerprint density at radius 2 is 1.97 bits per heavy atom. The number of likely N-dealkylation sites (tertiary alicyclic amines) is 1. The number of furan rings is 1. The molecule has 3 heterocycles. The first-order valence-electron chi connectivity index (χ1n) is 11.3. The molecule has 5 rings (SSSR count). The standard InChI is InChI=1S/C25H27ClN4O3/c1-31-22-13-18-21(14-23(22)32-12-6-11-30-9-3-2-4-10-30)27-16-28-25(18)29-20-8-5-7-17-19(26)15-33-24(17)20/h5,7-8,13-16H,2-4,6,9-12H2,1H3,(H,27,28,29). The molecule has 7 nitrogen and oxygen atoms in total. The number of hydrogen-bond acceptors (Lipinski definition) is 7. The number of nitrogens with zero attached hydrogens (tertiary/aromatic N) is 3. The number of piperidine rings is 1.